The largest absolute Gasteiger partial charge is 0.388 e. The number of aliphatic hydroxyl groups excluding tert-OH is 1. The Bertz CT molecular complexity index is 594. The molecule has 0 aliphatic rings. The number of benzene rings is 1. The lowest BCUT2D eigenvalue weighted by molar-refractivity contribution is 0.262. The maximum Gasteiger partial charge on any atom is 0.164 e. The van der Waals surface area contributed by atoms with E-state index in [2.05, 4.69) is 56.9 Å². The third-order valence-corrected chi connectivity index (χ3v) is 3.40. The number of aliphatic hydroxyl groups is 1. The number of hydrogen-bond acceptors (Lipinski definition) is 3. The second-order valence-corrected chi connectivity index (χ2v) is 6.36. The van der Waals surface area contributed by atoms with Crippen molar-refractivity contribution in [1.82, 2.24) is 14.8 Å². The van der Waals surface area contributed by atoms with Gasteiger partial charge in [0, 0.05) is 11.6 Å². The highest BCUT2D eigenvalue weighted by atomic mass is 16.3. The predicted molar refractivity (Wildman–Crippen MR) is 80.5 cm³/mol. The molecule has 0 radical (unpaired) electrons. The van der Waals surface area contributed by atoms with E-state index in [1.165, 1.54) is 5.56 Å². The fourth-order valence-corrected chi connectivity index (χ4v) is 2.49. The maximum atomic E-state index is 9.43. The Hall–Kier alpha value is -1.68. The molecule has 1 aromatic carbocycles. The smallest absolute Gasteiger partial charge is 0.164 e. The Morgan fingerprint density at radius 2 is 1.80 bits per heavy atom. The quantitative estimate of drug-likeness (QED) is 0.933. The normalized spacial score (nSPS) is 12.2. The third-order valence-electron chi connectivity index (χ3n) is 3.40. The van der Waals surface area contributed by atoms with E-state index in [-0.39, 0.29) is 18.1 Å². The first-order valence-electron chi connectivity index (χ1n) is 7.00. The fourth-order valence-electron chi connectivity index (χ4n) is 2.49. The molecule has 0 saturated carbocycles. The zero-order chi connectivity index (χ0) is 14.9. The van der Waals surface area contributed by atoms with E-state index >= 15 is 0 Å². The molecule has 0 atom stereocenters. The van der Waals surface area contributed by atoms with E-state index < -0.39 is 0 Å². The summed E-state index contributed by atoms with van der Waals surface area (Å²) in [5.74, 6) is 1.44. The summed E-state index contributed by atoms with van der Waals surface area (Å²) in [6.45, 7) is 10.6. The lowest BCUT2D eigenvalue weighted by Crippen LogP contribution is -2.15. The van der Waals surface area contributed by atoms with E-state index in [0.717, 1.165) is 11.4 Å². The molecule has 4 heteroatoms. The molecule has 0 aliphatic carbocycles. The van der Waals surface area contributed by atoms with Crippen LogP contribution >= 0.6 is 0 Å². The summed E-state index contributed by atoms with van der Waals surface area (Å²) < 4.78 is 2.00. The molecule has 1 N–H and O–H groups in total. The molecule has 108 valence electrons. The van der Waals surface area contributed by atoms with Crippen molar-refractivity contribution in [3.05, 3.63) is 35.7 Å². The minimum atomic E-state index is -0.0944. The van der Waals surface area contributed by atoms with Crippen LogP contribution in [0, 0.1) is 0 Å². The highest BCUT2D eigenvalue weighted by Gasteiger charge is 2.23. The van der Waals surface area contributed by atoms with Crippen LogP contribution in [0.5, 0.6) is 0 Å². The number of rotatable bonds is 3. The molecule has 2 aromatic rings. The van der Waals surface area contributed by atoms with Gasteiger partial charge in [-0.1, -0.05) is 45.0 Å². The average Bonchev–Trinajstić information content (AvgIpc) is 2.81. The maximum absolute atomic E-state index is 9.43. The second kappa shape index (κ2) is 5.37. The highest BCUT2D eigenvalue weighted by molar-refractivity contribution is 5.62. The van der Waals surface area contributed by atoms with Crippen LogP contribution in [-0.4, -0.2) is 19.9 Å². The van der Waals surface area contributed by atoms with E-state index in [1.807, 2.05) is 16.7 Å². The van der Waals surface area contributed by atoms with Gasteiger partial charge in [0.25, 0.3) is 0 Å². The molecule has 0 aliphatic heterocycles. The summed E-state index contributed by atoms with van der Waals surface area (Å²) in [6.07, 6.45) is 0. The van der Waals surface area contributed by atoms with Crippen molar-refractivity contribution in [3.8, 4) is 11.4 Å². The molecular weight excluding hydrogens is 250 g/mol. The minimum absolute atomic E-state index is 0.0315. The molecule has 0 amide bonds. The monoisotopic (exact) mass is 273 g/mol. The first-order valence-corrected chi connectivity index (χ1v) is 7.00. The van der Waals surface area contributed by atoms with E-state index in [4.69, 9.17) is 0 Å². The first-order chi connectivity index (χ1) is 9.36. The molecule has 1 aromatic heterocycles. The fraction of sp³-hybridized carbons (Fsp3) is 0.500. The molecule has 4 nitrogen and oxygen atoms in total. The summed E-state index contributed by atoms with van der Waals surface area (Å²) in [4.78, 5) is 0. The molecular formula is C16H23N3O. The van der Waals surface area contributed by atoms with Crippen molar-refractivity contribution >= 4 is 0 Å². The third kappa shape index (κ3) is 2.61. The van der Waals surface area contributed by atoms with Gasteiger partial charge in [-0.3, -0.25) is 0 Å². The number of hydrogen-bond donors (Lipinski definition) is 1. The highest BCUT2D eigenvalue weighted by Crippen LogP contribution is 2.33. The Kier molecular flexibility index (Phi) is 3.95. The molecule has 0 fully saturated rings. The van der Waals surface area contributed by atoms with Crippen LogP contribution in [0.25, 0.3) is 11.4 Å². The number of nitrogens with zero attached hydrogens (tertiary/aromatic N) is 3. The van der Waals surface area contributed by atoms with Gasteiger partial charge < -0.3 is 9.67 Å². The molecule has 20 heavy (non-hydrogen) atoms. The Balaban J connectivity index is 2.67. The van der Waals surface area contributed by atoms with Gasteiger partial charge in [-0.15, -0.1) is 10.2 Å². The van der Waals surface area contributed by atoms with Crippen LogP contribution in [0.15, 0.2) is 24.3 Å². The van der Waals surface area contributed by atoms with Gasteiger partial charge in [0.15, 0.2) is 11.6 Å². The Labute approximate surface area is 120 Å². The topological polar surface area (TPSA) is 50.9 Å². The van der Waals surface area contributed by atoms with E-state index in [1.54, 1.807) is 0 Å². The second-order valence-electron chi connectivity index (χ2n) is 6.36. The zero-order valence-corrected chi connectivity index (χ0v) is 12.9. The molecule has 0 spiro atoms. The molecule has 0 unspecified atom stereocenters. The van der Waals surface area contributed by atoms with Gasteiger partial charge in [0.2, 0.25) is 0 Å². The standard InChI is InChI=1S/C16H23N3O/c1-11(2)19-14(10-20)17-18-15(19)12-8-6-7-9-13(12)16(3,4)5/h6-9,11,20H,10H2,1-5H3. The summed E-state index contributed by atoms with van der Waals surface area (Å²) in [7, 11) is 0. The van der Waals surface area contributed by atoms with Gasteiger partial charge in [-0.2, -0.15) is 0 Å². The van der Waals surface area contributed by atoms with Crippen molar-refractivity contribution < 1.29 is 5.11 Å². The summed E-state index contributed by atoms with van der Waals surface area (Å²) in [5, 5.41) is 17.9. The van der Waals surface area contributed by atoms with Crippen LogP contribution in [0.1, 0.15) is 52.0 Å². The van der Waals surface area contributed by atoms with Crippen LogP contribution in [0.2, 0.25) is 0 Å². The van der Waals surface area contributed by atoms with Crippen LogP contribution < -0.4 is 0 Å². The molecule has 1 heterocycles. The molecule has 2 rings (SSSR count). The zero-order valence-electron chi connectivity index (χ0n) is 12.9. The van der Waals surface area contributed by atoms with Crippen LogP contribution in [0.4, 0.5) is 0 Å². The summed E-state index contributed by atoms with van der Waals surface area (Å²) >= 11 is 0. The van der Waals surface area contributed by atoms with Crippen molar-refractivity contribution in [2.45, 2.75) is 52.7 Å². The Morgan fingerprint density at radius 3 is 2.35 bits per heavy atom. The van der Waals surface area contributed by atoms with Crippen molar-refractivity contribution in [2.75, 3.05) is 0 Å². The van der Waals surface area contributed by atoms with Gasteiger partial charge in [0.05, 0.1) is 0 Å². The van der Waals surface area contributed by atoms with Gasteiger partial charge in [-0.25, -0.2) is 0 Å². The molecule has 0 bridgehead atoms. The van der Waals surface area contributed by atoms with Gasteiger partial charge >= 0.3 is 0 Å². The SMILES string of the molecule is CC(C)n1c(CO)nnc1-c1ccccc1C(C)(C)C. The first kappa shape index (κ1) is 14.7. The van der Waals surface area contributed by atoms with E-state index in [0.29, 0.717) is 5.82 Å². The van der Waals surface area contributed by atoms with E-state index in [9.17, 15) is 5.11 Å². The summed E-state index contributed by atoms with van der Waals surface area (Å²) in [5.41, 5.74) is 2.35. The molecule has 0 saturated heterocycles. The summed E-state index contributed by atoms with van der Waals surface area (Å²) in [6, 6.07) is 8.48. The Morgan fingerprint density at radius 1 is 1.15 bits per heavy atom. The van der Waals surface area contributed by atoms with Crippen molar-refractivity contribution in [3.63, 3.8) is 0 Å². The van der Waals surface area contributed by atoms with Crippen molar-refractivity contribution in [1.29, 1.82) is 0 Å². The van der Waals surface area contributed by atoms with Crippen LogP contribution in [-0.2, 0) is 12.0 Å². The number of aromatic nitrogens is 3. The average molecular weight is 273 g/mol. The van der Waals surface area contributed by atoms with Crippen molar-refractivity contribution in [2.24, 2.45) is 0 Å². The minimum Gasteiger partial charge on any atom is -0.388 e. The lowest BCUT2D eigenvalue weighted by atomic mass is 9.83. The van der Waals surface area contributed by atoms with Gasteiger partial charge in [-0.05, 0) is 24.8 Å². The van der Waals surface area contributed by atoms with Gasteiger partial charge in [0.1, 0.15) is 6.61 Å². The predicted octanol–water partition coefficient (Wildman–Crippen LogP) is 3.32. The van der Waals surface area contributed by atoms with Crippen LogP contribution in [0.3, 0.4) is 0 Å². The lowest BCUT2D eigenvalue weighted by Gasteiger charge is -2.23.